The molecule has 0 saturated carbocycles. The van der Waals surface area contributed by atoms with Crippen molar-refractivity contribution in [3.63, 3.8) is 0 Å². The molecule has 0 aliphatic heterocycles. The second-order valence-electron chi connectivity index (χ2n) is 5.30. The Morgan fingerprint density at radius 2 is 1.88 bits per heavy atom. The van der Waals surface area contributed by atoms with E-state index in [2.05, 4.69) is 20.3 Å². The molecule has 0 unspecified atom stereocenters. The monoisotopic (exact) mass is 398 g/mol. The van der Waals surface area contributed by atoms with Crippen molar-refractivity contribution in [2.24, 2.45) is 4.99 Å². The molecule has 1 aromatic carbocycles. The minimum atomic E-state index is -4.66. The van der Waals surface area contributed by atoms with Gasteiger partial charge in [0, 0.05) is 26.7 Å². The normalized spacial score (nSPS) is 12.9. The van der Waals surface area contributed by atoms with E-state index < -0.39 is 27.6 Å². The van der Waals surface area contributed by atoms with Crippen molar-refractivity contribution in [3.8, 4) is 0 Å². The highest BCUT2D eigenvalue weighted by Crippen LogP contribution is 2.32. The minimum Gasteiger partial charge on any atom is -0.356 e. The molecule has 0 atom stereocenters. The number of nitrogens with one attached hydrogen (secondary N) is 3. The standard InChI is InChI=1S/C15H22F4N4O2S/c1-3-26(24,25)23-8-4-7-21-14(20-2)22-10-11-5-6-12(16)9-13(11)15(17,18)19/h5-6,9,23H,3-4,7-8,10H2,1-2H3,(H2,20,21,22). The fourth-order valence-corrected chi connectivity index (χ4v) is 2.65. The lowest BCUT2D eigenvalue weighted by molar-refractivity contribution is -0.138. The van der Waals surface area contributed by atoms with Crippen molar-refractivity contribution < 1.29 is 26.0 Å². The summed E-state index contributed by atoms with van der Waals surface area (Å²) in [5.41, 5.74) is -1.16. The number of rotatable bonds is 8. The molecule has 1 aromatic rings. The van der Waals surface area contributed by atoms with E-state index in [0.717, 1.165) is 12.1 Å². The maximum Gasteiger partial charge on any atom is 0.416 e. The Morgan fingerprint density at radius 1 is 1.19 bits per heavy atom. The molecule has 0 aromatic heterocycles. The minimum absolute atomic E-state index is 0.0111. The second kappa shape index (κ2) is 9.72. The van der Waals surface area contributed by atoms with Gasteiger partial charge in [-0.15, -0.1) is 0 Å². The molecule has 3 N–H and O–H groups in total. The molecule has 11 heteroatoms. The van der Waals surface area contributed by atoms with E-state index in [1.54, 1.807) is 0 Å². The third kappa shape index (κ3) is 7.56. The fraction of sp³-hybridized carbons (Fsp3) is 0.533. The zero-order chi connectivity index (χ0) is 19.8. The van der Waals surface area contributed by atoms with Crippen molar-refractivity contribution >= 4 is 16.0 Å². The summed E-state index contributed by atoms with van der Waals surface area (Å²) in [7, 11) is -1.81. The van der Waals surface area contributed by atoms with Crippen molar-refractivity contribution in [1.82, 2.24) is 15.4 Å². The van der Waals surface area contributed by atoms with Crippen molar-refractivity contribution in [1.29, 1.82) is 0 Å². The van der Waals surface area contributed by atoms with Crippen LogP contribution in [0, 0.1) is 5.82 Å². The first-order chi connectivity index (χ1) is 12.1. The van der Waals surface area contributed by atoms with Crippen molar-refractivity contribution in [2.75, 3.05) is 25.9 Å². The summed E-state index contributed by atoms with van der Waals surface area (Å²) in [6.07, 6.45) is -4.20. The van der Waals surface area contributed by atoms with Crippen LogP contribution >= 0.6 is 0 Å². The van der Waals surface area contributed by atoms with E-state index in [1.807, 2.05) is 0 Å². The predicted molar refractivity (Wildman–Crippen MR) is 91.7 cm³/mol. The molecule has 148 valence electrons. The lowest BCUT2D eigenvalue weighted by Crippen LogP contribution is -2.38. The van der Waals surface area contributed by atoms with Crippen LogP contribution in [0.4, 0.5) is 17.6 Å². The van der Waals surface area contributed by atoms with Crippen LogP contribution in [0.3, 0.4) is 0 Å². The molecule has 0 saturated heterocycles. The van der Waals surface area contributed by atoms with Crippen LogP contribution < -0.4 is 15.4 Å². The second-order valence-corrected chi connectivity index (χ2v) is 7.40. The zero-order valence-corrected chi connectivity index (χ0v) is 15.3. The van der Waals surface area contributed by atoms with Gasteiger partial charge in [-0.25, -0.2) is 17.5 Å². The van der Waals surface area contributed by atoms with Gasteiger partial charge in [-0.1, -0.05) is 6.07 Å². The van der Waals surface area contributed by atoms with E-state index in [1.165, 1.54) is 14.0 Å². The van der Waals surface area contributed by atoms with Crippen LogP contribution in [0.1, 0.15) is 24.5 Å². The lowest BCUT2D eigenvalue weighted by atomic mass is 10.1. The van der Waals surface area contributed by atoms with Crippen LogP contribution in [-0.4, -0.2) is 40.3 Å². The molecule has 26 heavy (non-hydrogen) atoms. The molecule has 0 amide bonds. The maximum absolute atomic E-state index is 13.1. The Hall–Kier alpha value is -1.88. The van der Waals surface area contributed by atoms with E-state index in [4.69, 9.17) is 0 Å². The van der Waals surface area contributed by atoms with Crippen LogP contribution in [0.25, 0.3) is 0 Å². The van der Waals surface area contributed by atoms with Gasteiger partial charge in [0.25, 0.3) is 0 Å². The Morgan fingerprint density at radius 3 is 2.46 bits per heavy atom. The highest BCUT2D eigenvalue weighted by molar-refractivity contribution is 7.89. The average molecular weight is 398 g/mol. The smallest absolute Gasteiger partial charge is 0.356 e. The highest BCUT2D eigenvalue weighted by Gasteiger charge is 2.33. The first-order valence-corrected chi connectivity index (χ1v) is 9.51. The topological polar surface area (TPSA) is 82.6 Å². The molecule has 1 rings (SSSR count). The average Bonchev–Trinajstić information content (AvgIpc) is 2.57. The summed E-state index contributed by atoms with van der Waals surface area (Å²) in [6.45, 7) is 1.92. The number of sulfonamides is 1. The maximum atomic E-state index is 13.1. The molecule has 0 radical (unpaired) electrons. The molecule has 6 nitrogen and oxygen atoms in total. The molecule has 0 aliphatic carbocycles. The Labute approximate surface area is 150 Å². The molecule has 0 fully saturated rings. The Kier molecular flexibility index (Phi) is 8.28. The molecule has 0 aliphatic rings. The first kappa shape index (κ1) is 22.2. The van der Waals surface area contributed by atoms with Crippen molar-refractivity contribution in [2.45, 2.75) is 26.1 Å². The SMILES string of the molecule is CCS(=O)(=O)NCCCNC(=NC)NCc1ccc(F)cc1C(F)(F)F. The summed E-state index contributed by atoms with van der Waals surface area (Å²) < 4.78 is 76.9. The Bertz CT molecular complexity index is 721. The van der Waals surface area contributed by atoms with Gasteiger partial charge < -0.3 is 10.6 Å². The highest BCUT2D eigenvalue weighted by atomic mass is 32.2. The molecular weight excluding hydrogens is 376 g/mol. The van der Waals surface area contributed by atoms with Crippen LogP contribution in [0.15, 0.2) is 23.2 Å². The summed E-state index contributed by atoms with van der Waals surface area (Å²) in [6, 6.07) is 2.48. The van der Waals surface area contributed by atoms with Crippen molar-refractivity contribution in [3.05, 3.63) is 35.1 Å². The summed E-state index contributed by atoms with van der Waals surface area (Å²) >= 11 is 0. The van der Waals surface area contributed by atoms with Gasteiger partial charge in [0.05, 0.1) is 11.3 Å². The van der Waals surface area contributed by atoms with Crippen LogP contribution in [-0.2, 0) is 22.7 Å². The number of hydrogen-bond acceptors (Lipinski definition) is 3. The number of hydrogen-bond donors (Lipinski definition) is 3. The van der Waals surface area contributed by atoms with Crippen LogP contribution in [0.2, 0.25) is 0 Å². The van der Waals surface area contributed by atoms with Gasteiger partial charge >= 0.3 is 6.18 Å². The summed E-state index contributed by atoms with van der Waals surface area (Å²) in [5.74, 6) is -0.720. The zero-order valence-electron chi connectivity index (χ0n) is 14.5. The van der Waals surface area contributed by atoms with Crippen LogP contribution in [0.5, 0.6) is 0 Å². The van der Waals surface area contributed by atoms with E-state index >= 15 is 0 Å². The van der Waals surface area contributed by atoms with E-state index in [9.17, 15) is 26.0 Å². The van der Waals surface area contributed by atoms with Gasteiger partial charge in [0.2, 0.25) is 10.0 Å². The van der Waals surface area contributed by atoms with Gasteiger partial charge in [0.1, 0.15) is 5.82 Å². The largest absolute Gasteiger partial charge is 0.416 e. The first-order valence-electron chi connectivity index (χ1n) is 7.86. The summed E-state index contributed by atoms with van der Waals surface area (Å²) in [4.78, 5) is 3.88. The molecule has 0 bridgehead atoms. The Balaban J connectivity index is 2.53. The molecular formula is C15H22F4N4O2S. The van der Waals surface area contributed by atoms with Gasteiger partial charge in [-0.3, -0.25) is 4.99 Å². The molecule has 0 spiro atoms. The fourth-order valence-electron chi connectivity index (χ4n) is 1.99. The number of nitrogens with zero attached hydrogens (tertiary/aromatic N) is 1. The third-order valence-electron chi connectivity index (χ3n) is 3.40. The van der Waals surface area contributed by atoms with E-state index in [-0.39, 0.29) is 30.4 Å². The van der Waals surface area contributed by atoms with E-state index in [0.29, 0.717) is 19.0 Å². The lowest BCUT2D eigenvalue weighted by Gasteiger charge is -2.16. The van der Waals surface area contributed by atoms with Gasteiger partial charge in [-0.2, -0.15) is 13.2 Å². The third-order valence-corrected chi connectivity index (χ3v) is 4.80. The summed E-state index contributed by atoms with van der Waals surface area (Å²) in [5, 5.41) is 5.58. The predicted octanol–water partition coefficient (Wildman–Crippen LogP) is 1.84. The number of halogens is 4. The quantitative estimate of drug-likeness (QED) is 0.270. The number of aliphatic imine (C=N–C) groups is 1. The number of guanidine groups is 1. The number of alkyl halides is 3. The molecule has 0 heterocycles. The number of benzene rings is 1. The van der Waals surface area contributed by atoms with Gasteiger partial charge in [-0.05, 0) is 31.0 Å². The van der Waals surface area contributed by atoms with Gasteiger partial charge in [0.15, 0.2) is 5.96 Å².